The van der Waals surface area contributed by atoms with Crippen molar-refractivity contribution in [3.05, 3.63) is 15.1 Å². The summed E-state index contributed by atoms with van der Waals surface area (Å²) in [7, 11) is 0. The van der Waals surface area contributed by atoms with E-state index in [2.05, 4.69) is 37.5 Å². The lowest BCUT2D eigenvalue weighted by atomic mass is 10.4. The molecule has 0 spiro atoms. The largest absolute Gasteiger partial charge is 0.378 e. The van der Waals surface area contributed by atoms with Crippen molar-refractivity contribution < 1.29 is 4.74 Å². The van der Waals surface area contributed by atoms with Crippen LogP contribution in [0.15, 0.2) is 6.20 Å². The molecular formula is C8H9ClIN3O. The fourth-order valence-corrected chi connectivity index (χ4v) is 2.11. The lowest BCUT2D eigenvalue weighted by Gasteiger charge is -2.27. The number of hydrogen-bond donors (Lipinski definition) is 0. The number of rotatable bonds is 1. The molecule has 1 aromatic rings. The normalized spacial score (nSPS) is 17.1. The predicted molar refractivity (Wildman–Crippen MR) is 62.8 cm³/mol. The monoisotopic (exact) mass is 325 g/mol. The molecule has 1 aliphatic heterocycles. The second-order valence-electron chi connectivity index (χ2n) is 2.91. The zero-order valence-corrected chi connectivity index (χ0v) is 10.3. The first kappa shape index (κ1) is 10.4. The molecule has 0 saturated carbocycles. The number of aromatic nitrogens is 2. The quantitative estimate of drug-likeness (QED) is 0.735. The summed E-state index contributed by atoms with van der Waals surface area (Å²) < 4.78 is 6.06. The highest BCUT2D eigenvalue weighted by Gasteiger charge is 2.16. The van der Waals surface area contributed by atoms with Gasteiger partial charge in [-0.25, -0.2) is 9.97 Å². The van der Waals surface area contributed by atoms with E-state index < -0.39 is 0 Å². The summed E-state index contributed by atoms with van der Waals surface area (Å²) in [6.07, 6.45) is 1.72. The Kier molecular flexibility index (Phi) is 3.40. The van der Waals surface area contributed by atoms with Crippen LogP contribution in [0.4, 0.5) is 5.82 Å². The Morgan fingerprint density at radius 1 is 1.43 bits per heavy atom. The van der Waals surface area contributed by atoms with Crippen molar-refractivity contribution in [1.82, 2.24) is 9.97 Å². The van der Waals surface area contributed by atoms with Crippen molar-refractivity contribution >= 4 is 40.0 Å². The van der Waals surface area contributed by atoms with E-state index in [-0.39, 0.29) is 0 Å². The van der Waals surface area contributed by atoms with Gasteiger partial charge in [-0.1, -0.05) is 11.6 Å². The Labute approximate surface area is 101 Å². The molecule has 2 rings (SSSR count). The predicted octanol–water partition coefficient (Wildman–Crippen LogP) is 1.57. The first-order valence-electron chi connectivity index (χ1n) is 4.28. The molecule has 0 radical (unpaired) electrons. The third-order valence-corrected chi connectivity index (χ3v) is 2.77. The lowest BCUT2D eigenvalue weighted by Crippen LogP contribution is -2.37. The van der Waals surface area contributed by atoms with E-state index in [4.69, 9.17) is 16.3 Å². The summed E-state index contributed by atoms with van der Waals surface area (Å²) in [5, 5.41) is 0.471. The van der Waals surface area contributed by atoms with E-state index in [1.165, 1.54) is 0 Å². The highest BCUT2D eigenvalue weighted by Crippen LogP contribution is 2.22. The highest BCUT2D eigenvalue weighted by atomic mass is 127. The molecular weight excluding hydrogens is 316 g/mol. The van der Waals surface area contributed by atoms with Crippen LogP contribution in [0.3, 0.4) is 0 Å². The van der Waals surface area contributed by atoms with Gasteiger partial charge in [0.2, 0.25) is 0 Å². The summed E-state index contributed by atoms with van der Waals surface area (Å²) in [6, 6.07) is 0. The van der Waals surface area contributed by atoms with Gasteiger partial charge in [0.15, 0.2) is 11.0 Å². The zero-order chi connectivity index (χ0) is 9.97. The van der Waals surface area contributed by atoms with Crippen LogP contribution in [0.25, 0.3) is 0 Å². The molecule has 0 aliphatic carbocycles. The van der Waals surface area contributed by atoms with Crippen LogP contribution >= 0.6 is 34.2 Å². The molecule has 2 heterocycles. The van der Waals surface area contributed by atoms with Gasteiger partial charge in [-0.15, -0.1) is 0 Å². The summed E-state index contributed by atoms with van der Waals surface area (Å²) in [5.41, 5.74) is 0. The minimum atomic E-state index is 0.471. The van der Waals surface area contributed by atoms with Gasteiger partial charge in [0, 0.05) is 13.1 Å². The topological polar surface area (TPSA) is 38.2 Å². The molecule has 4 nitrogen and oxygen atoms in total. The van der Waals surface area contributed by atoms with Crippen molar-refractivity contribution in [2.45, 2.75) is 0 Å². The lowest BCUT2D eigenvalue weighted by molar-refractivity contribution is 0.122. The first-order chi connectivity index (χ1) is 6.77. The van der Waals surface area contributed by atoms with Crippen LogP contribution in [-0.2, 0) is 4.74 Å². The van der Waals surface area contributed by atoms with Crippen LogP contribution in [0.2, 0.25) is 5.15 Å². The molecule has 1 aromatic heterocycles. The molecule has 0 aromatic carbocycles. The minimum absolute atomic E-state index is 0.471. The van der Waals surface area contributed by atoms with Crippen molar-refractivity contribution in [2.75, 3.05) is 31.2 Å². The molecule has 1 saturated heterocycles. The van der Waals surface area contributed by atoms with Gasteiger partial charge in [0.1, 0.15) is 3.70 Å². The fourth-order valence-electron chi connectivity index (χ4n) is 1.33. The summed E-state index contributed by atoms with van der Waals surface area (Å²) in [4.78, 5) is 10.5. The number of nitrogens with zero attached hydrogens (tertiary/aromatic N) is 3. The van der Waals surface area contributed by atoms with Crippen LogP contribution in [0.5, 0.6) is 0 Å². The number of halogens is 2. The van der Waals surface area contributed by atoms with Gasteiger partial charge in [-0.2, -0.15) is 0 Å². The van der Waals surface area contributed by atoms with Crippen molar-refractivity contribution in [3.63, 3.8) is 0 Å². The fraction of sp³-hybridized carbons (Fsp3) is 0.500. The van der Waals surface area contributed by atoms with Crippen molar-refractivity contribution in [3.8, 4) is 0 Å². The van der Waals surface area contributed by atoms with Crippen LogP contribution in [0, 0.1) is 3.70 Å². The minimum Gasteiger partial charge on any atom is -0.378 e. The zero-order valence-electron chi connectivity index (χ0n) is 7.41. The third-order valence-electron chi connectivity index (χ3n) is 1.99. The SMILES string of the molecule is Clc1nc(I)cnc1N1CCOCC1. The Bertz CT molecular complexity index is 330. The van der Waals surface area contributed by atoms with Crippen LogP contribution in [0.1, 0.15) is 0 Å². The Balaban J connectivity index is 2.22. The third kappa shape index (κ3) is 2.26. The molecule has 14 heavy (non-hydrogen) atoms. The van der Waals surface area contributed by atoms with E-state index in [0.29, 0.717) is 5.15 Å². The summed E-state index contributed by atoms with van der Waals surface area (Å²) in [6.45, 7) is 3.11. The summed E-state index contributed by atoms with van der Waals surface area (Å²) in [5.74, 6) is 0.760. The van der Waals surface area contributed by atoms with Crippen LogP contribution in [-0.4, -0.2) is 36.3 Å². The maximum absolute atomic E-state index is 6.00. The van der Waals surface area contributed by atoms with Crippen molar-refractivity contribution in [1.29, 1.82) is 0 Å². The van der Waals surface area contributed by atoms with Gasteiger partial charge in [-0.3, -0.25) is 0 Å². The standard InChI is InChI=1S/C8H9ClIN3O/c9-7-8(11-5-6(10)12-7)13-1-3-14-4-2-13/h5H,1-4H2. The first-order valence-corrected chi connectivity index (χ1v) is 5.74. The molecule has 0 amide bonds. The van der Waals surface area contributed by atoms with Crippen molar-refractivity contribution in [2.24, 2.45) is 0 Å². The molecule has 0 bridgehead atoms. The second kappa shape index (κ2) is 4.59. The maximum atomic E-state index is 6.00. The van der Waals surface area contributed by atoms with Gasteiger partial charge in [-0.05, 0) is 22.6 Å². The maximum Gasteiger partial charge on any atom is 0.172 e. The number of ether oxygens (including phenoxy) is 1. The molecule has 1 aliphatic rings. The Morgan fingerprint density at radius 2 is 2.14 bits per heavy atom. The average Bonchev–Trinajstić information content (AvgIpc) is 2.19. The van der Waals surface area contributed by atoms with Gasteiger partial charge >= 0.3 is 0 Å². The molecule has 0 atom stereocenters. The second-order valence-corrected chi connectivity index (χ2v) is 4.37. The molecule has 0 N–H and O–H groups in total. The molecule has 1 fully saturated rings. The van der Waals surface area contributed by atoms with Crippen LogP contribution < -0.4 is 4.90 Å². The number of hydrogen-bond acceptors (Lipinski definition) is 4. The average molecular weight is 326 g/mol. The van der Waals surface area contributed by atoms with E-state index in [1.807, 2.05) is 0 Å². The van der Waals surface area contributed by atoms with Gasteiger partial charge < -0.3 is 9.64 Å². The molecule has 6 heteroatoms. The van der Waals surface area contributed by atoms with E-state index in [0.717, 1.165) is 35.8 Å². The van der Waals surface area contributed by atoms with E-state index in [9.17, 15) is 0 Å². The molecule has 76 valence electrons. The highest BCUT2D eigenvalue weighted by molar-refractivity contribution is 14.1. The van der Waals surface area contributed by atoms with E-state index >= 15 is 0 Å². The van der Waals surface area contributed by atoms with Gasteiger partial charge in [0.25, 0.3) is 0 Å². The Morgan fingerprint density at radius 3 is 2.79 bits per heavy atom. The number of anilines is 1. The summed E-state index contributed by atoms with van der Waals surface area (Å²) >= 11 is 8.09. The molecule has 0 unspecified atom stereocenters. The number of morpholine rings is 1. The van der Waals surface area contributed by atoms with E-state index in [1.54, 1.807) is 6.20 Å². The smallest absolute Gasteiger partial charge is 0.172 e. The Hall–Kier alpha value is -0.140. The van der Waals surface area contributed by atoms with Gasteiger partial charge in [0.05, 0.1) is 19.4 Å².